The highest BCUT2D eigenvalue weighted by Crippen LogP contribution is 2.35. The van der Waals surface area contributed by atoms with Crippen LogP contribution in [0.25, 0.3) is 0 Å². The summed E-state index contributed by atoms with van der Waals surface area (Å²) in [6.07, 6.45) is 2.32. The zero-order valence-corrected chi connectivity index (χ0v) is 20.3. The topological polar surface area (TPSA) is 56.8 Å². The summed E-state index contributed by atoms with van der Waals surface area (Å²) in [6.45, 7) is 14.4. The first-order valence-corrected chi connectivity index (χ1v) is 11.4. The van der Waals surface area contributed by atoms with Crippen molar-refractivity contribution < 1.29 is 19.0 Å². The minimum absolute atomic E-state index is 0.0464. The Kier molecular flexibility index (Phi) is 7.50. The number of hydrogen-bond donors (Lipinski definition) is 1. The predicted octanol–water partition coefficient (Wildman–Crippen LogP) is 5.86. The Hall–Kier alpha value is -2.53. The van der Waals surface area contributed by atoms with Gasteiger partial charge in [-0.1, -0.05) is 53.7 Å². The number of nitrogens with one attached hydrogen (secondary N) is 1. The summed E-state index contributed by atoms with van der Waals surface area (Å²) in [5.74, 6) is 1.32. The van der Waals surface area contributed by atoms with Crippen LogP contribution in [0.4, 0.5) is 5.69 Å². The summed E-state index contributed by atoms with van der Waals surface area (Å²) in [6, 6.07) is 13.6. The first-order chi connectivity index (χ1) is 15.0. The van der Waals surface area contributed by atoms with Gasteiger partial charge in [0, 0.05) is 12.3 Å². The maximum Gasteiger partial charge on any atom is 0.262 e. The van der Waals surface area contributed by atoms with Gasteiger partial charge in [-0.3, -0.25) is 4.79 Å². The highest BCUT2D eigenvalue weighted by Gasteiger charge is 2.23. The number of carbonyl (C=O) groups excluding carboxylic acids is 1. The summed E-state index contributed by atoms with van der Waals surface area (Å²) in [4.78, 5) is 12.5. The minimum Gasteiger partial charge on any atom is -0.491 e. The molecule has 32 heavy (non-hydrogen) atoms. The van der Waals surface area contributed by atoms with E-state index in [1.54, 1.807) is 0 Å². The molecule has 5 heteroatoms. The Labute approximate surface area is 192 Å². The smallest absolute Gasteiger partial charge is 0.262 e. The van der Waals surface area contributed by atoms with Crippen LogP contribution in [0.2, 0.25) is 0 Å². The van der Waals surface area contributed by atoms with E-state index in [1.807, 2.05) is 30.3 Å². The van der Waals surface area contributed by atoms with E-state index in [2.05, 4.69) is 59.0 Å². The number of rotatable bonds is 7. The van der Waals surface area contributed by atoms with Gasteiger partial charge in [0.05, 0.1) is 6.10 Å². The van der Waals surface area contributed by atoms with Crippen molar-refractivity contribution in [3.8, 4) is 11.5 Å². The first kappa shape index (κ1) is 24.1. The second-order valence-corrected chi connectivity index (χ2v) is 10.5. The molecule has 2 aromatic rings. The maximum atomic E-state index is 12.5. The number of carbonyl (C=O) groups is 1. The molecule has 5 nitrogen and oxygen atoms in total. The van der Waals surface area contributed by atoms with Crippen LogP contribution in [-0.4, -0.2) is 31.8 Å². The van der Waals surface area contributed by atoms with Crippen molar-refractivity contribution in [2.75, 3.05) is 25.1 Å². The molecule has 0 aliphatic carbocycles. The van der Waals surface area contributed by atoms with E-state index >= 15 is 0 Å². The van der Waals surface area contributed by atoms with Gasteiger partial charge in [0.25, 0.3) is 5.91 Å². The number of ether oxygens (including phenoxy) is 3. The van der Waals surface area contributed by atoms with Gasteiger partial charge in [0.1, 0.15) is 18.1 Å². The van der Waals surface area contributed by atoms with Crippen molar-refractivity contribution >= 4 is 11.6 Å². The lowest BCUT2D eigenvalue weighted by Gasteiger charge is -2.27. The number of anilines is 1. The van der Waals surface area contributed by atoms with Crippen LogP contribution in [-0.2, 0) is 20.4 Å². The molecule has 1 aliphatic heterocycles. The highest BCUT2D eigenvalue weighted by atomic mass is 16.5. The van der Waals surface area contributed by atoms with Crippen molar-refractivity contribution in [1.82, 2.24) is 0 Å². The van der Waals surface area contributed by atoms with Crippen LogP contribution in [0, 0.1) is 0 Å². The van der Waals surface area contributed by atoms with Crippen molar-refractivity contribution in [1.29, 1.82) is 0 Å². The Morgan fingerprint density at radius 2 is 1.72 bits per heavy atom. The lowest BCUT2D eigenvalue weighted by atomic mass is 9.80. The van der Waals surface area contributed by atoms with E-state index in [1.165, 1.54) is 5.56 Å². The standard InChI is InChI=1S/C27H37NO4/c1-26(2,3)19-9-14-24(23(16-19)27(4,5)6)32-18-25(29)28-20-10-12-21(13-11-20)31-17-22-8-7-15-30-22/h9-14,16,22H,7-8,15,17-18H2,1-6H3,(H,28,29). The van der Waals surface area contributed by atoms with Gasteiger partial charge >= 0.3 is 0 Å². The summed E-state index contributed by atoms with van der Waals surface area (Å²) >= 11 is 0. The second-order valence-electron chi connectivity index (χ2n) is 10.5. The summed E-state index contributed by atoms with van der Waals surface area (Å²) in [7, 11) is 0. The SMILES string of the molecule is CC(C)(C)c1ccc(OCC(=O)Nc2ccc(OCC3CCCO3)cc2)c(C(C)(C)C)c1. The first-order valence-electron chi connectivity index (χ1n) is 11.4. The molecule has 1 atom stereocenters. The van der Waals surface area contributed by atoms with Crippen molar-refractivity contribution in [3.05, 3.63) is 53.6 Å². The fourth-order valence-corrected chi connectivity index (χ4v) is 3.65. The average Bonchev–Trinajstić information content (AvgIpc) is 3.24. The Balaban J connectivity index is 1.56. The fraction of sp³-hybridized carbons (Fsp3) is 0.519. The van der Waals surface area contributed by atoms with Crippen LogP contribution in [0.1, 0.15) is 65.5 Å². The second kappa shape index (κ2) is 9.95. The molecular weight excluding hydrogens is 402 g/mol. The molecular formula is C27H37NO4. The zero-order valence-electron chi connectivity index (χ0n) is 20.3. The number of hydrogen-bond acceptors (Lipinski definition) is 4. The molecule has 0 radical (unpaired) electrons. The van der Waals surface area contributed by atoms with Crippen LogP contribution in [0.3, 0.4) is 0 Å². The third-order valence-electron chi connectivity index (χ3n) is 5.61. The molecule has 1 N–H and O–H groups in total. The molecule has 1 aliphatic rings. The van der Waals surface area contributed by atoms with Gasteiger partial charge in [-0.15, -0.1) is 0 Å². The molecule has 2 aromatic carbocycles. The van der Waals surface area contributed by atoms with Gasteiger partial charge in [0.15, 0.2) is 6.61 Å². The Morgan fingerprint density at radius 3 is 2.31 bits per heavy atom. The summed E-state index contributed by atoms with van der Waals surface area (Å²) < 4.78 is 17.3. The van der Waals surface area contributed by atoms with Crippen molar-refractivity contribution in [2.45, 2.75) is 71.3 Å². The van der Waals surface area contributed by atoms with Crippen LogP contribution >= 0.6 is 0 Å². The van der Waals surface area contributed by atoms with Crippen LogP contribution < -0.4 is 14.8 Å². The number of amides is 1. The average molecular weight is 440 g/mol. The summed E-state index contributed by atoms with van der Waals surface area (Å²) in [5.41, 5.74) is 3.02. The van der Waals surface area contributed by atoms with E-state index < -0.39 is 0 Å². The Bertz CT molecular complexity index is 901. The van der Waals surface area contributed by atoms with E-state index in [-0.39, 0.29) is 29.4 Å². The highest BCUT2D eigenvalue weighted by molar-refractivity contribution is 5.91. The van der Waals surface area contributed by atoms with Crippen molar-refractivity contribution in [3.63, 3.8) is 0 Å². The molecule has 0 spiro atoms. The van der Waals surface area contributed by atoms with Gasteiger partial charge in [-0.25, -0.2) is 0 Å². The van der Waals surface area contributed by atoms with Crippen LogP contribution in [0.5, 0.6) is 11.5 Å². The van der Waals surface area contributed by atoms with E-state index in [0.29, 0.717) is 12.3 Å². The zero-order chi connectivity index (χ0) is 23.4. The van der Waals surface area contributed by atoms with Gasteiger partial charge in [-0.2, -0.15) is 0 Å². The van der Waals surface area contributed by atoms with Gasteiger partial charge in [0.2, 0.25) is 0 Å². The van der Waals surface area contributed by atoms with E-state index in [4.69, 9.17) is 14.2 Å². The Morgan fingerprint density at radius 1 is 1.00 bits per heavy atom. The molecule has 0 bridgehead atoms. The fourth-order valence-electron chi connectivity index (χ4n) is 3.65. The monoisotopic (exact) mass is 439 g/mol. The van der Waals surface area contributed by atoms with Gasteiger partial charge < -0.3 is 19.5 Å². The molecule has 0 aromatic heterocycles. The maximum absolute atomic E-state index is 12.5. The van der Waals surface area contributed by atoms with Crippen LogP contribution in [0.15, 0.2) is 42.5 Å². The van der Waals surface area contributed by atoms with Crippen molar-refractivity contribution in [2.24, 2.45) is 0 Å². The molecule has 1 fully saturated rings. The largest absolute Gasteiger partial charge is 0.491 e. The minimum atomic E-state index is -0.196. The van der Waals surface area contributed by atoms with E-state index in [9.17, 15) is 4.79 Å². The molecule has 174 valence electrons. The summed E-state index contributed by atoms with van der Waals surface area (Å²) in [5, 5.41) is 2.89. The molecule has 3 rings (SSSR count). The van der Waals surface area contributed by atoms with Gasteiger partial charge in [-0.05, 0) is 65.1 Å². The molecule has 1 amide bonds. The predicted molar refractivity (Wildman–Crippen MR) is 129 cm³/mol. The third-order valence-corrected chi connectivity index (χ3v) is 5.61. The molecule has 1 saturated heterocycles. The normalized spacial score (nSPS) is 16.6. The lowest BCUT2D eigenvalue weighted by Crippen LogP contribution is -2.22. The number of benzene rings is 2. The molecule has 0 saturated carbocycles. The lowest BCUT2D eigenvalue weighted by molar-refractivity contribution is -0.118. The molecule has 1 heterocycles. The third kappa shape index (κ3) is 6.73. The van der Waals surface area contributed by atoms with E-state index in [0.717, 1.165) is 36.5 Å². The quantitative estimate of drug-likeness (QED) is 0.587. The molecule has 1 unspecified atom stereocenters.